The molecule has 2 aromatic heterocycles. The Morgan fingerprint density at radius 2 is 2.03 bits per heavy atom. The highest BCUT2D eigenvalue weighted by Gasteiger charge is 2.31. The molecular weight excluding hydrogens is 442 g/mol. The molecule has 3 aromatic rings. The Balaban J connectivity index is 1.62. The fourth-order valence-corrected chi connectivity index (χ4v) is 5.26. The van der Waals surface area contributed by atoms with Gasteiger partial charge in [-0.05, 0) is 63.3 Å². The van der Waals surface area contributed by atoms with Crippen LogP contribution in [0, 0.1) is 6.92 Å². The summed E-state index contributed by atoms with van der Waals surface area (Å²) in [6.45, 7) is 5.48. The summed E-state index contributed by atoms with van der Waals surface area (Å²) in [5.74, 6) is -0.414. The number of hydrogen-bond donors (Lipinski definition) is 2. The Labute approximate surface area is 196 Å². The smallest absolute Gasteiger partial charge is 0.356 e. The van der Waals surface area contributed by atoms with E-state index in [9.17, 15) is 14.7 Å². The van der Waals surface area contributed by atoms with Crippen LogP contribution in [0.15, 0.2) is 29.1 Å². The van der Waals surface area contributed by atoms with E-state index >= 15 is 0 Å². The second kappa shape index (κ2) is 8.33. The molecule has 2 aliphatic rings. The number of carboxylic acids is 1. The number of carbonyl (C=O) groups is 1. The highest BCUT2D eigenvalue weighted by Crippen LogP contribution is 2.33. The molecule has 9 heteroatoms. The number of rotatable bonds is 4. The zero-order valence-electron chi connectivity index (χ0n) is 18.6. The van der Waals surface area contributed by atoms with Gasteiger partial charge in [-0.1, -0.05) is 17.7 Å². The van der Waals surface area contributed by atoms with Crippen molar-refractivity contribution >= 4 is 40.1 Å². The molecule has 0 amide bonds. The number of aryl methyl sites for hydroxylation is 1. The third kappa shape index (κ3) is 3.82. The third-order valence-corrected chi connectivity index (χ3v) is 6.90. The lowest BCUT2D eigenvalue weighted by atomic mass is 9.97. The van der Waals surface area contributed by atoms with E-state index in [4.69, 9.17) is 16.6 Å². The second-order valence-corrected chi connectivity index (χ2v) is 9.34. The van der Waals surface area contributed by atoms with Gasteiger partial charge in [0.25, 0.3) is 5.56 Å². The predicted octanol–water partition coefficient (Wildman–Crippen LogP) is 4.39. The maximum atomic E-state index is 13.5. The molecule has 0 aliphatic carbocycles. The summed E-state index contributed by atoms with van der Waals surface area (Å²) in [6.07, 6.45) is 4.42. The van der Waals surface area contributed by atoms with Gasteiger partial charge in [0.2, 0.25) is 5.95 Å². The molecule has 4 heterocycles. The van der Waals surface area contributed by atoms with Crippen LogP contribution in [-0.4, -0.2) is 38.2 Å². The normalized spacial score (nSPS) is 18.5. The molecule has 1 unspecified atom stereocenters. The summed E-state index contributed by atoms with van der Waals surface area (Å²) < 4.78 is 1.82. The van der Waals surface area contributed by atoms with Gasteiger partial charge in [-0.2, -0.15) is 0 Å². The molecule has 2 N–H and O–H groups in total. The number of fused-ring (bicyclic) bond motifs is 4. The molecule has 2 aliphatic heterocycles. The summed E-state index contributed by atoms with van der Waals surface area (Å²) in [5.41, 5.74) is 2.64. The molecule has 0 bridgehead atoms. The molecule has 0 spiro atoms. The van der Waals surface area contributed by atoms with Crippen molar-refractivity contribution in [2.24, 2.45) is 0 Å². The van der Waals surface area contributed by atoms with Gasteiger partial charge in [0.15, 0.2) is 5.69 Å². The molecular formula is C24H26ClN5O3. The number of hydrogen-bond acceptors (Lipinski definition) is 6. The maximum absolute atomic E-state index is 13.5. The van der Waals surface area contributed by atoms with E-state index in [1.807, 2.05) is 30.5 Å². The fourth-order valence-electron chi connectivity index (χ4n) is 5.11. The zero-order chi connectivity index (χ0) is 23.3. The van der Waals surface area contributed by atoms with E-state index in [1.54, 1.807) is 12.1 Å². The number of aromatic nitrogens is 3. The highest BCUT2D eigenvalue weighted by atomic mass is 35.5. The molecule has 172 valence electrons. The van der Waals surface area contributed by atoms with E-state index in [2.05, 4.69) is 15.2 Å². The van der Waals surface area contributed by atoms with Gasteiger partial charge in [-0.3, -0.25) is 9.36 Å². The number of aromatic carboxylic acids is 1. The molecule has 1 fully saturated rings. The lowest BCUT2D eigenvalue weighted by molar-refractivity contribution is 0.0691. The number of piperidine rings is 1. The van der Waals surface area contributed by atoms with Crippen LogP contribution < -0.4 is 15.8 Å². The van der Waals surface area contributed by atoms with Gasteiger partial charge in [0, 0.05) is 24.7 Å². The number of pyridine rings is 1. The zero-order valence-corrected chi connectivity index (χ0v) is 19.4. The van der Waals surface area contributed by atoms with Crippen LogP contribution in [0.5, 0.6) is 0 Å². The van der Waals surface area contributed by atoms with Gasteiger partial charge < -0.3 is 15.3 Å². The van der Waals surface area contributed by atoms with Gasteiger partial charge in [0.05, 0.1) is 22.6 Å². The average molecular weight is 468 g/mol. The van der Waals surface area contributed by atoms with E-state index in [-0.39, 0.29) is 22.4 Å². The number of halogens is 1. The van der Waals surface area contributed by atoms with Gasteiger partial charge in [-0.25, -0.2) is 14.8 Å². The van der Waals surface area contributed by atoms with Crippen molar-refractivity contribution in [2.45, 2.75) is 58.2 Å². The van der Waals surface area contributed by atoms with Gasteiger partial charge in [0.1, 0.15) is 5.15 Å². The minimum Gasteiger partial charge on any atom is -0.476 e. The first kappa shape index (κ1) is 21.7. The first-order valence-electron chi connectivity index (χ1n) is 11.3. The van der Waals surface area contributed by atoms with Crippen molar-refractivity contribution < 1.29 is 9.90 Å². The molecule has 33 heavy (non-hydrogen) atoms. The summed E-state index contributed by atoms with van der Waals surface area (Å²) >= 11 is 5.90. The van der Waals surface area contributed by atoms with Crippen molar-refractivity contribution in [1.29, 1.82) is 0 Å². The van der Waals surface area contributed by atoms with Crippen LogP contribution in [0.2, 0.25) is 5.15 Å². The molecule has 5 rings (SSSR count). The van der Waals surface area contributed by atoms with Crippen molar-refractivity contribution in [2.75, 3.05) is 16.8 Å². The van der Waals surface area contributed by atoms with Crippen molar-refractivity contribution in [3.63, 3.8) is 0 Å². The minimum absolute atomic E-state index is 0.0180. The Kier molecular flexibility index (Phi) is 5.48. The SMILES string of the molecule is Cc1cc([C@@H](C)Nc2ccc(Cl)nc2C(=O)O)c2nc3n(c(=O)c2c1)CCC1CCCCN31. The highest BCUT2D eigenvalue weighted by molar-refractivity contribution is 6.29. The number of nitrogens with one attached hydrogen (secondary N) is 1. The van der Waals surface area contributed by atoms with Crippen LogP contribution in [0.1, 0.15) is 60.3 Å². The van der Waals surface area contributed by atoms with Crippen LogP contribution >= 0.6 is 11.6 Å². The standard InChI is InChI=1S/C24H26ClN5O3/c1-13-11-16(14(2)26-18-6-7-19(25)27-21(18)23(32)33)20-17(12-13)22(31)30-10-8-15-5-3-4-9-29(15)24(30)28-20/h6-7,11-12,14-15,26H,3-5,8-10H2,1-2H3,(H,32,33)/t14-,15?/m1/s1. The fraction of sp³-hybridized carbons (Fsp3) is 0.417. The van der Waals surface area contributed by atoms with E-state index in [0.717, 1.165) is 42.9 Å². The Morgan fingerprint density at radius 3 is 2.82 bits per heavy atom. The number of benzene rings is 1. The topological polar surface area (TPSA) is 100 Å². The summed E-state index contributed by atoms with van der Waals surface area (Å²) in [6, 6.07) is 7.17. The lowest BCUT2D eigenvalue weighted by Gasteiger charge is -2.41. The molecule has 1 saturated heterocycles. The van der Waals surface area contributed by atoms with Gasteiger partial charge >= 0.3 is 5.97 Å². The largest absolute Gasteiger partial charge is 0.476 e. The van der Waals surface area contributed by atoms with E-state index < -0.39 is 5.97 Å². The number of anilines is 2. The lowest BCUT2D eigenvalue weighted by Crippen LogP contribution is -2.48. The molecule has 1 aromatic carbocycles. The van der Waals surface area contributed by atoms with Crippen molar-refractivity contribution in [1.82, 2.24) is 14.5 Å². The van der Waals surface area contributed by atoms with Crippen LogP contribution in [0.4, 0.5) is 11.6 Å². The molecule has 0 saturated carbocycles. The van der Waals surface area contributed by atoms with Crippen LogP contribution in [0.25, 0.3) is 10.9 Å². The maximum Gasteiger partial charge on any atom is 0.356 e. The Bertz CT molecular complexity index is 1320. The summed E-state index contributed by atoms with van der Waals surface area (Å²) in [4.78, 5) is 36.4. The molecule has 0 radical (unpaired) electrons. The quantitative estimate of drug-likeness (QED) is 0.549. The second-order valence-electron chi connectivity index (χ2n) is 8.95. The molecule has 8 nitrogen and oxygen atoms in total. The number of carboxylic acid groups (broad SMARTS) is 1. The van der Waals surface area contributed by atoms with Crippen LogP contribution in [0.3, 0.4) is 0 Å². The molecule has 2 atom stereocenters. The van der Waals surface area contributed by atoms with Crippen LogP contribution in [-0.2, 0) is 6.54 Å². The summed E-state index contributed by atoms with van der Waals surface area (Å²) in [5, 5.41) is 13.5. The van der Waals surface area contributed by atoms with E-state index in [1.165, 1.54) is 6.42 Å². The van der Waals surface area contributed by atoms with Gasteiger partial charge in [-0.15, -0.1) is 0 Å². The first-order chi connectivity index (χ1) is 15.8. The average Bonchev–Trinajstić information content (AvgIpc) is 2.80. The number of nitrogens with zero attached hydrogens (tertiary/aromatic N) is 4. The van der Waals surface area contributed by atoms with Crippen molar-refractivity contribution in [3.05, 3.63) is 56.6 Å². The summed E-state index contributed by atoms with van der Waals surface area (Å²) in [7, 11) is 0. The third-order valence-electron chi connectivity index (χ3n) is 6.68. The Hall–Kier alpha value is -3.13. The first-order valence-corrected chi connectivity index (χ1v) is 11.7. The Morgan fingerprint density at radius 1 is 1.21 bits per heavy atom. The predicted molar refractivity (Wildman–Crippen MR) is 129 cm³/mol. The monoisotopic (exact) mass is 467 g/mol. The van der Waals surface area contributed by atoms with E-state index in [0.29, 0.717) is 29.2 Å². The van der Waals surface area contributed by atoms with Crippen molar-refractivity contribution in [3.8, 4) is 0 Å². The minimum atomic E-state index is -1.16.